The van der Waals surface area contributed by atoms with Crippen molar-refractivity contribution in [2.75, 3.05) is 0 Å². The van der Waals surface area contributed by atoms with Crippen molar-refractivity contribution < 1.29 is 8.78 Å². The first-order valence-electron chi connectivity index (χ1n) is 3.14. The van der Waals surface area contributed by atoms with Crippen molar-refractivity contribution in [3.63, 3.8) is 0 Å². The van der Waals surface area contributed by atoms with Crippen LogP contribution >= 0.6 is 0 Å². The predicted octanol–water partition coefficient (Wildman–Crippen LogP) is 2.73. The van der Waals surface area contributed by atoms with Crippen LogP contribution in [-0.2, 0) is 0 Å². The van der Waals surface area contributed by atoms with Crippen molar-refractivity contribution in [3.8, 4) is 0 Å². The molecule has 0 saturated carbocycles. The highest BCUT2D eigenvalue weighted by atomic mass is 19.2. The van der Waals surface area contributed by atoms with Crippen LogP contribution in [-0.4, -0.2) is 12.3 Å². The van der Waals surface area contributed by atoms with E-state index in [-0.39, 0.29) is 0 Å². The topological polar surface area (TPSA) is 0 Å². The largest absolute Gasteiger partial charge is 0.245 e. The van der Waals surface area contributed by atoms with Crippen molar-refractivity contribution >= 4 is 0 Å². The third-order valence-corrected chi connectivity index (χ3v) is 1.23. The predicted molar refractivity (Wildman–Crippen MR) is 34.9 cm³/mol. The molecular formula is C7H14F2. The number of rotatable bonds is 1. The molecule has 56 valence electrons. The molecule has 0 rings (SSSR count). The van der Waals surface area contributed by atoms with E-state index in [9.17, 15) is 8.78 Å². The fraction of sp³-hybridized carbons (Fsp3) is 1.00. The van der Waals surface area contributed by atoms with Gasteiger partial charge in [-0.2, -0.15) is 0 Å². The fourth-order valence-corrected chi connectivity index (χ4v) is 0.689. The van der Waals surface area contributed by atoms with Gasteiger partial charge in [-0.15, -0.1) is 0 Å². The minimum absolute atomic E-state index is 0.561. The minimum Gasteiger partial charge on any atom is -0.245 e. The third kappa shape index (κ3) is 2.78. The second kappa shape index (κ2) is 2.63. The summed E-state index contributed by atoms with van der Waals surface area (Å²) in [4.78, 5) is 0. The summed E-state index contributed by atoms with van der Waals surface area (Å²) in [5.74, 6) is 0. The van der Waals surface area contributed by atoms with Crippen molar-refractivity contribution in [3.05, 3.63) is 0 Å². The van der Waals surface area contributed by atoms with E-state index in [1.807, 2.05) is 0 Å². The Morgan fingerprint density at radius 2 is 1.44 bits per heavy atom. The van der Waals surface area contributed by atoms with Crippen molar-refractivity contribution in [1.82, 2.24) is 0 Å². The molecule has 0 fully saturated rings. The van der Waals surface area contributed by atoms with Gasteiger partial charge < -0.3 is 0 Å². The maximum Gasteiger partial charge on any atom is 0.136 e. The van der Waals surface area contributed by atoms with E-state index >= 15 is 0 Å². The SMILES string of the molecule is CC(F)C(F)C(C)(C)C. The number of halogens is 2. The van der Waals surface area contributed by atoms with Crippen molar-refractivity contribution in [2.45, 2.75) is 40.0 Å². The molecule has 0 radical (unpaired) electrons. The summed E-state index contributed by atoms with van der Waals surface area (Å²) in [6.07, 6.45) is -2.71. The van der Waals surface area contributed by atoms with Crippen LogP contribution in [0.1, 0.15) is 27.7 Å². The summed E-state index contributed by atoms with van der Waals surface area (Å²) in [6, 6.07) is 0. The van der Waals surface area contributed by atoms with Crippen LogP contribution < -0.4 is 0 Å². The maximum absolute atomic E-state index is 12.7. The molecule has 2 atom stereocenters. The van der Waals surface area contributed by atoms with Gasteiger partial charge in [-0.05, 0) is 12.3 Å². The van der Waals surface area contributed by atoms with Crippen LogP contribution in [0.4, 0.5) is 8.78 Å². The lowest BCUT2D eigenvalue weighted by atomic mass is 9.88. The molecule has 0 aliphatic rings. The van der Waals surface area contributed by atoms with Gasteiger partial charge in [0.1, 0.15) is 12.3 Å². The van der Waals surface area contributed by atoms with E-state index in [2.05, 4.69) is 0 Å². The van der Waals surface area contributed by atoms with Gasteiger partial charge in [0.25, 0.3) is 0 Å². The second-order valence-electron chi connectivity index (χ2n) is 3.45. The number of alkyl halides is 2. The maximum atomic E-state index is 12.7. The van der Waals surface area contributed by atoms with Crippen LogP contribution in [0.25, 0.3) is 0 Å². The van der Waals surface area contributed by atoms with Gasteiger partial charge in [0, 0.05) is 0 Å². The molecule has 0 spiro atoms. The van der Waals surface area contributed by atoms with Gasteiger partial charge in [-0.3, -0.25) is 0 Å². The zero-order chi connectivity index (χ0) is 7.65. The zero-order valence-corrected chi connectivity index (χ0v) is 6.41. The molecule has 0 aromatic heterocycles. The van der Waals surface area contributed by atoms with Crippen LogP contribution in [0.3, 0.4) is 0 Å². The summed E-state index contributed by atoms with van der Waals surface area (Å²) in [7, 11) is 0. The van der Waals surface area contributed by atoms with Crippen LogP contribution in [0, 0.1) is 5.41 Å². The van der Waals surface area contributed by atoms with Gasteiger partial charge in [0.15, 0.2) is 0 Å². The Morgan fingerprint density at radius 3 is 1.44 bits per heavy atom. The highest BCUT2D eigenvalue weighted by Gasteiger charge is 2.29. The Kier molecular flexibility index (Phi) is 2.59. The first-order valence-corrected chi connectivity index (χ1v) is 3.14. The van der Waals surface area contributed by atoms with E-state index < -0.39 is 17.8 Å². The normalized spacial score (nSPS) is 19.3. The lowest BCUT2D eigenvalue weighted by Gasteiger charge is -2.24. The Hall–Kier alpha value is -0.140. The molecule has 0 heterocycles. The smallest absolute Gasteiger partial charge is 0.136 e. The molecule has 0 bridgehead atoms. The molecule has 9 heavy (non-hydrogen) atoms. The molecule has 2 heteroatoms. The minimum atomic E-state index is -1.36. The van der Waals surface area contributed by atoms with Crippen molar-refractivity contribution in [1.29, 1.82) is 0 Å². The summed E-state index contributed by atoms with van der Waals surface area (Å²) in [5, 5.41) is 0. The summed E-state index contributed by atoms with van der Waals surface area (Å²) < 4.78 is 24.9. The van der Waals surface area contributed by atoms with Crippen LogP contribution in [0.2, 0.25) is 0 Å². The number of hydrogen-bond acceptors (Lipinski definition) is 0. The first-order chi connectivity index (χ1) is 3.85. The van der Waals surface area contributed by atoms with Gasteiger partial charge >= 0.3 is 0 Å². The van der Waals surface area contributed by atoms with E-state index in [1.165, 1.54) is 6.92 Å². The fourth-order valence-electron chi connectivity index (χ4n) is 0.689. The second-order valence-corrected chi connectivity index (χ2v) is 3.45. The third-order valence-electron chi connectivity index (χ3n) is 1.23. The average Bonchev–Trinajstić information content (AvgIpc) is 1.62. The number of hydrogen-bond donors (Lipinski definition) is 0. The Labute approximate surface area is 55.3 Å². The molecule has 0 aliphatic heterocycles. The molecule has 0 aliphatic carbocycles. The molecule has 2 unspecified atom stereocenters. The average molecular weight is 136 g/mol. The zero-order valence-electron chi connectivity index (χ0n) is 6.41. The van der Waals surface area contributed by atoms with Crippen molar-refractivity contribution in [2.24, 2.45) is 5.41 Å². The molecule has 0 nitrogen and oxygen atoms in total. The highest BCUT2D eigenvalue weighted by Crippen LogP contribution is 2.25. The first kappa shape index (κ1) is 8.86. The van der Waals surface area contributed by atoms with E-state index in [0.29, 0.717) is 0 Å². The summed E-state index contributed by atoms with van der Waals surface area (Å²) >= 11 is 0. The van der Waals surface area contributed by atoms with Gasteiger partial charge in [0.05, 0.1) is 0 Å². The molecule has 0 amide bonds. The summed E-state index contributed by atoms with van der Waals surface area (Å²) in [6.45, 7) is 6.31. The van der Waals surface area contributed by atoms with Gasteiger partial charge in [-0.25, -0.2) is 8.78 Å². The van der Waals surface area contributed by atoms with E-state index in [0.717, 1.165) is 0 Å². The van der Waals surface area contributed by atoms with Gasteiger partial charge in [-0.1, -0.05) is 20.8 Å². The Balaban J connectivity index is 3.88. The van der Waals surface area contributed by atoms with E-state index in [1.54, 1.807) is 20.8 Å². The van der Waals surface area contributed by atoms with Gasteiger partial charge in [0.2, 0.25) is 0 Å². The molecule has 0 saturated heterocycles. The highest BCUT2D eigenvalue weighted by molar-refractivity contribution is 4.77. The quantitative estimate of drug-likeness (QED) is 0.520. The monoisotopic (exact) mass is 136 g/mol. The standard InChI is InChI=1S/C7H14F2/c1-5(8)6(9)7(2,3)4/h5-6H,1-4H3. The summed E-state index contributed by atoms with van der Waals surface area (Å²) in [5.41, 5.74) is -0.561. The van der Waals surface area contributed by atoms with Crippen LogP contribution in [0.5, 0.6) is 0 Å². The Bertz CT molecular complexity index is 81.4. The Morgan fingerprint density at radius 1 is 1.11 bits per heavy atom. The van der Waals surface area contributed by atoms with Crippen LogP contribution in [0.15, 0.2) is 0 Å². The molecular weight excluding hydrogens is 122 g/mol. The lowest BCUT2D eigenvalue weighted by molar-refractivity contribution is 0.0791. The molecule has 0 aromatic carbocycles. The molecule has 0 N–H and O–H groups in total. The van der Waals surface area contributed by atoms with E-state index in [4.69, 9.17) is 0 Å². The molecule has 0 aromatic rings. The lowest BCUT2D eigenvalue weighted by Crippen LogP contribution is -2.29.